The maximum Gasteiger partial charge on any atom is 0.0585 e. The number of aliphatic hydroxyl groups excluding tert-OH is 1. The van der Waals surface area contributed by atoms with Crippen molar-refractivity contribution in [2.45, 2.75) is 19.4 Å². The average molecular weight is 265 g/mol. The van der Waals surface area contributed by atoms with Crippen LogP contribution in [0.1, 0.15) is 11.1 Å². The summed E-state index contributed by atoms with van der Waals surface area (Å²) in [6.07, 6.45) is 0.692. The monoisotopic (exact) mass is 265 g/mol. The molecule has 2 nitrogen and oxygen atoms in total. The third-order valence-electron chi connectivity index (χ3n) is 4.01. The molecule has 3 rings (SSSR count). The van der Waals surface area contributed by atoms with Gasteiger partial charge in [0.15, 0.2) is 0 Å². The van der Waals surface area contributed by atoms with Gasteiger partial charge in [-0.15, -0.1) is 0 Å². The van der Waals surface area contributed by atoms with Crippen LogP contribution < -0.4 is 5.73 Å². The van der Waals surface area contributed by atoms with Crippen molar-refractivity contribution in [2.24, 2.45) is 5.73 Å². The summed E-state index contributed by atoms with van der Waals surface area (Å²) in [6.45, 7) is 2.18. The summed E-state index contributed by atoms with van der Waals surface area (Å²) in [6, 6.07) is 16.7. The molecule has 0 fully saturated rings. The molecule has 0 aliphatic carbocycles. The highest BCUT2D eigenvalue weighted by Crippen LogP contribution is 2.32. The van der Waals surface area contributed by atoms with E-state index in [0.717, 1.165) is 0 Å². The number of hydrogen-bond acceptors (Lipinski definition) is 2. The van der Waals surface area contributed by atoms with Crippen LogP contribution in [0.4, 0.5) is 0 Å². The molecule has 0 amide bonds. The Kier molecular flexibility index (Phi) is 3.43. The van der Waals surface area contributed by atoms with Crippen LogP contribution in [0.3, 0.4) is 0 Å². The topological polar surface area (TPSA) is 46.2 Å². The fourth-order valence-electron chi connectivity index (χ4n) is 2.98. The molecule has 0 heterocycles. The Morgan fingerprint density at radius 2 is 1.35 bits per heavy atom. The van der Waals surface area contributed by atoms with E-state index in [-0.39, 0.29) is 12.6 Å². The summed E-state index contributed by atoms with van der Waals surface area (Å²) in [5, 5.41) is 14.3. The van der Waals surface area contributed by atoms with E-state index in [9.17, 15) is 5.11 Å². The van der Waals surface area contributed by atoms with Gasteiger partial charge in [-0.2, -0.15) is 0 Å². The first-order valence-electron chi connectivity index (χ1n) is 6.97. The Labute approximate surface area is 118 Å². The van der Waals surface area contributed by atoms with E-state index in [0.29, 0.717) is 6.42 Å². The summed E-state index contributed by atoms with van der Waals surface area (Å²) < 4.78 is 0. The first-order chi connectivity index (χ1) is 9.72. The largest absolute Gasteiger partial charge is 0.395 e. The number of nitrogens with two attached hydrogens (primary N) is 1. The second kappa shape index (κ2) is 5.23. The molecule has 102 valence electrons. The lowest BCUT2D eigenvalue weighted by Gasteiger charge is -2.17. The number of hydrogen-bond donors (Lipinski definition) is 2. The SMILES string of the molecule is Cc1c2ccccc2c(CC(N)CO)c2ccccc12. The third-order valence-corrected chi connectivity index (χ3v) is 4.01. The molecule has 3 aromatic rings. The predicted molar refractivity (Wildman–Crippen MR) is 85.0 cm³/mol. The zero-order valence-corrected chi connectivity index (χ0v) is 11.6. The molecule has 0 aromatic heterocycles. The predicted octanol–water partition coefficient (Wildman–Crippen LogP) is 3.16. The van der Waals surface area contributed by atoms with Crippen LogP contribution in [-0.4, -0.2) is 17.8 Å². The molecule has 0 bridgehead atoms. The zero-order chi connectivity index (χ0) is 14.1. The van der Waals surface area contributed by atoms with E-state index >= 15 is 0 Å². The number of aryl methyl sites for hydroxylation is 1. The number of benzene rings is 3. The van der Waals surface area contributed by atoms with Crippen LogP contribution in [0.25, 0.3) is 21.5 Å². The van der Waals surface area contributed by atoms with E-state index in [1.165, 1.54) is 32.7 Å². The van der Waals surface area contributed by atoms with E-state index in [2.05, 4.69) is 55.5 Å². The maximum atomic E-state index is 9.27. The minimum atomic E-state index is -0.218. The first kappa shape index (κ1) is 13.1. The van der Waals surface area contributed by atoms with Gasteiger partial charge < -0.3 is 10.8 Å². The van der Waals surface area contributed by atoms with Gasteiger partial charge in [0.05, 0.1) is 6.61 Å². The van der Waals surface area contributed by atoms with E-state index in [4.69, 9.17) is 5.73 Å². The van der Waals surface area contributed by atoms with E-state index in [1.807, 2.05) is 0 Å². The molecule has 0 spiro atoms. The fourth-order valence-corrected chi connectivity index (χ4v) is 2.98. The molecule has 0 radical (unpaired) electrons. The van der Waals surface area contributed by atoms with Crippen LogP contribution in [-0.2, 0) is 6.42 Å². The Morgan fingerprint density at radius 1 is 0.900 bits per heavy atom. The molecule has 3 aromatic carbocycles. The normalized spacial score (nSPS) is 12.9. The van der Waals surface area contributed by atoms with Gasteiger partial charge in [-0.3, -0.25) is 0 Å². The van der Waals surface area contributed by atoms with Crippen LogP contribution in [0, 0.1) is 6.92 Å². The molecular weight excluding hydrogens is 246 g/mol. The molecule has 20 heavy (non-hydrogen) atoms. The lowest BCUT2D eigenvalue weighted by Crippen LogP contribution is -2.27. The molecule has 3 N–H and O–H groups in total. The maximum absolute atomic E-state index is 9.27. The zero-order valence-electron chi connectivity index (χ0n) is 11.6. The molecule has 0 saturated carbocycles. The first-order valence-corrected chi connectivity index (χ1v) is 6.97. The minimum Gasteiger partial charge on any atom is -0.395 e. The summed E-state index contributed by atoms with van der Waals surface area (Å²) in [4.78, 5) is 0. The molecular formula is C18H19NO. The fraction of sp³-hybridized carbons (Fsp3) is 0.222. The second-order valence-corrected chi connectivity index (χ2v) is 5.34. The lowest BCUT2D eigenvalue weighted by molar-refractivity contribution is 0.265. The van der Waals surface area contributed by atoms with Gasteiger partial charge >= 0.3 is 0 Å². The molecule has 0 saturated heterocycles. The van der Waals surface area contributed by atoms with Gasteiger partial charge in [-0.1, -0.05) is 48.5 Å². The third kappa shape index (κ3) is 2.07. The highest BCUT2D eigenvalue weighted by molar-refractivity contribution is 6.05. The van der Waals surface area contributed by atoms with Gasteiger partial charge in [0.1, 0.15) is 0 Å². The Bertz CT molecular complexity index is 707. The van der Waals surface area contributed by atoms with Crippen molar-refractivity contribution in [3.05, 3.63) is 59.7 Å². The van der Waals surface area contributed by atoms with Gasteiger partial charge in [-0.25, -0.2) is 0 Å². The number of fused-ring (bicyclic) bond motifs is 2. The van der Waals surface area contributed by atoms with Crippen molar-refractivity contribution in [2.75, 3.05) is 6.61 Å². The van der Waals surface area contributed by atoms with Crippen molar-refractivity contribution in [1.29, 1.82) is 0 Å². The highest BCUT2D eigenvalue weighted by Gasteiger charge is 2.13. The Morgan fingerprint density at radius 3 is 1.80 bits per heavy atom. The van der Waals surface area contributed by atoms with Crippen molar-refractivity contribution in [3.63, 3.8) is 0 Å². The van der Waals surface area contributed by atoms with Crippen LogP contribution in [0.5, 0.6) is 0 Å². The minimum absolute atomic E-state index is 0.0104. The van der Waals surface area contributed by atoms with Gasteiger partial charge in [-0.05, 0) is 46.0 Å². The summed E-state index contributed by atoms with van der Waals surface area (Å²) in [5.74, 6) is 0. The van der Waals surface area contributed by atoms with E-state index in [1.54, 1.807) is 0 Å². The lowest BCUT2D eigenvalue weighted by atomic mass is 9.89. The summed E-state index contributed by atoms with van der Waals surface area (Å²) in [5.41, 5.74) is 8.52. The second-order valence-electron chi connectivity index (χ2n) is 5.34. The van der Waals surface area contributed by atoms with Crippen molar-refractivity contribution in [1.82, 2.24) is 0 Å². The number of aliphatic hydroxyl groups is 1. The van der Waals surface area contributed by atoms with Crippen molar-refractivity contribution in [3.8, 4) is 0 Å². The standard InChI is InChI=1S/C18H19NO/c1-12-14-6-2-4-8-16(14)18(10-13(19)11-20)17-9-5-3-7-15(12)17/h2-9,13,20H,10-11,19H2,1H3. The molecule has 2 heteroatoms. The molecule has 0 aliphatic rings. The Balaban J connectivity index is 2.40. The average Bonchev–Trinajstić information content (AvgIpc) is 2.51. The van der Waals surface area contributed by atoms with E-state index < -0.39 is 0 Å². The van der Waals surface area contributed by atoms with Gasteiger partial charge in [0, 0.05) is 6.04 Å². The quantitative estimate of drug-likeness (QED) is 0.715. The van der Waals surface area contributed by atoms with Crippen LogP contribution in [0.2, 0.25) is 0 Å². The highest BCUT2D eigenvalue weighted by atomic mass is 16.3. The smallest absolute Gasteiger partial charge is 0.0585 e. The van der Waals surface area contributed by atoms with Crippen molar-refractivity contribution >= 4 is 21.5 Å². The van der Waals surface area contributed by atoms with Crippen molar-refractivity contribution < 1.29 is 5.11 Å². The number of rotatable bonds is 3. The Hall–Kier alpha value is -1.90. The van der Waals surface area contributed by atoms with Crippen LogP contribution in [0.15, 0.2) is 48.5 Å². The molecule has 0 aliphatic heterocycles. The van der Waals surface area contributed by atoms with Gasteiger partial charge in [0.25, 0.3) is 0 Å². The summed E-state index contributed by atoms with van der Waals surface area (Å²) >= 11 is 0. The molecule has 1 unspecified atom stereocenters. The molecule has 1 atom stereocenters. The van der Waals surface area contributed by atoms with Crippen LogP contribution >= 0.6 is 0 Å². The summed E-state index contributed by atoms with van der Waals surface area (Å²) in [7, 11) is 0. The van der Waals surface area contributed by atoms with Gasteiger partial charge in [0.2, 0.25) is 0 Å².